The lowest BCUT2D eigenvalue weighted by molar-refractivity contribution is -0.121. The molecule has 1 saturated carbocycles. The number of carbonyl (C=O) groups is 1. The second-order valence-electron chi connectivity index (χ2n) is 8.64. The molecule has 1 amide bonds. The Balaban J connectivity index is 1.47. The van der Waals surface area contributed by atoms with Gasteiger partial charge in [-0.3, -0.25) is 9.69 Å². The van der Waals surface area contributed by atoms with Crippen LogP contribution in [0, 0.1) is 6.92 Å². The van der Waals surface area contributed by atoms with Gasteiger partial charge in [0.1, 0.15) is 5.75 Å². The van der Waals surface area contributed by atoms with Gasteiger partial charge >= 0.3 is 0 Å². The van der Waals surface area contributed by atoms with Crippen molar-refractivity contribution in [3.05, 3.63) is 29.4 Å². The molecule has 9 nitrogen and oxygen atoms in total. The third kappa shape index (κ3) is 3.71. The van der Waals surface area contributed by atoms with Crippen LogP contribution < -0.4 is 9.64 Å². The summed E-state index contributed by atoms with van der Waals surface area (Å²) < 4.78 is 39.2. The summed E-state index contributed by atoms with van der Waals surface area (Å²) in [5, 5.41) is 4.00. The van der Waals surface area contributed by atoms with Gasteiger partial charge in [0, 0.05) is 24.6 Å². The monoisotopic (exact) mass is 446 g/mol. The highest BCUT2D eigenvalue weighted by Gasteiger charge is 2.35. The van der Waals surface area contributed by atoms with Gasteiger partial charge in [0.2, 0.25) is 15.9 Å². The Bertz CT molecular complexity index is 1120. The van der Waals surface area contributed by atoms with Crippen LogP contribution in [0.2, 0.25) is 0 Å². The first-order chi connectivity index (χ1) is 14.8. The third-order valence-electron chi connectivity index (χ3n) is 6.24. The van der Waals surface area contributed by atoms with Crippen LogP contribution in [0.3, 0.4) is 0 Å². The molecular formula is C21H26N4O5S. The minimum Gasteiger partial charge on any atom is -0.482 e. The fourth-order valence-electron chi connectivity index (χ4n) is 4.31. The van der Waals surface area contributed by atoms with Crippen molar-refractivity contribution < 1.29 is 22.5 Å². The average molecular weight is 447 g/mol. The molecule has 1 atom stereocenters. The normalized spacial score (nSPS) is 22.3. The van der Waals surface area contributed by atoms with Gasteiger partial charge in [0.15, 0.2) is 12.4 Å². The van der Waals surface area contributed by atoms with Crippen molar-refractivity contribution >= 4 is 21.6 Å². The molecule has 5 rings (SSSR count). The molecule has 0 spiro atoms. The minimum absolute atomic E-state index is 0.0351. The van der Waals surface area contributed by atoms with Crippen LogP contribution in [0.15, 0.2) is 21.6 Å². The van der Waals surface area contributed by atoms with Gasteiger partial charge in [0.25, 0.3) is 5.91 Å². The molecule has 3 aliphatic rings. The summed E-state index contributed by atoms with van der Waals surface area (Å²) in [7, 11) is -3.65. The molecule has 2 aromatic rings. The number of nitrogens with zero attached hydrogens (tertiary/aromatic N) is 4. The molecule has 2 fully saturated rings. The van der Waals surface area contributed by atoms with Crippen molar-refractivity contribution in [3.8, 4) is 5.75 Å². The topological polar surface area (TPSA) is 106 Å². The minimum atomic E-state index is -3.65. The molecule has 1 aliphatic carbocycles. The molecular weight excluding hydrogens is 420 g/mol. The Morgan fingerprint density at radius 1 is 1.19 bits per heavy atom. The van der Waals surface area contributed by atoms with Crippen molar-refractivity contribution in [2.24, 2.45) is 0 Å². The quantitative estimate of drug-likeness (QED) is 0.695. The van der Waals surface area contributed by atoms with Gasteiger partial charge in [-0.1, -0.05) is 11.6 Å². The summed E-state index contributed by atoms with van der Waals surface area (Å²) in [5.74, 6) is 1.52. The molecule has 166 valence electrons. The van der Waals surface area contributed by atoms with E-state index in [2.05, 4.69) is 10.1 Å². The molecule has 0 unspecified atom stereocenters. The van der Waals surface area contributed by atoms with E-state index in [1.165, 1.54) is 4.90 Å². The molecule has 10 heteroatoms. The number of anilines is 1. The Morgan fingerprint density at radius 3 is 2.74 bits per heavy atom. The second kappa shape index (κ2) is 7.59. The van der Waals surface area contributed by atoms with Crippen LogP contribution in [0.4, 0.5) is 5.69 Å². The Hall–Kier alpha value is -2.46. The number of fused-ring (bicyclic) bond motifs is 1. The summed E-state index contributed by atoms with van der Waals surface area (Å²) in [5.41, 5.74) is 1.10. The van der Waals surface area contributed by atoms with E-state index in [-0.39, 0.29) is 30.0 Å². The maximum absolute atomic E-state index is 13.4. The fraction of sp³-hybridized carbons (Fsp3) is 0.571. The number of carbonyl (C=O) groups excluding carboxylic acids is 1. The number of sulfonamides is 1. The van der Waals surface area contributed by atoms with E-state index in [0.717, 1.165) is 32.1 Å². The van der Waals surface area contributed by atoms with Gasteiger partial charge in [-0.15, -0.1) is 0 Å². The number of aryl methyl sites for hydroxylation is 1. The molecule has 2 aliphatic heterocycles. The summed E-state index contributed by atoms with van der Waals surface area (Å²) in [6.07, 6.45) is 4.85. The van der Waals surface area contributed by atoms with E-state index in [0.29, 0.717) is 41.2 Å². The zero-order valence-corrected chi connectivity index (χ0v) is 18.5. The number of hydrogen-bond acceptors (Lipinski definition) is 7. The largest absolute Gasteiger partial charge is 0.482 e. The molecule has 31 heavy (non-hydrogen) atoms. The number of rotatable bonds is 5. The Labute approximate surface area is 181 Å². The molecule has 0 bridgehead atoms. The first-order valence-electron chi connectivity index (χ1n) is 10.8. The number of hydrogen-bond donors (Lipinski definition) is 0. The van der Waals surface area contributed by atoms with Crippen LogP contribution in [0.1, 0.15) is 62.2 Å². The van der Waals surface area contributed by atoms with E-state index in [9.17, 15) is 13.2 Å². The summed E-state index contributed by atoms with van der Waals surface area (Å²) in [6, 6.07) is 3.22. The van der Waals surface area contributed by atoms with Crippen LogP contribution in [0.5, 0.6) is 5.75 Å². The second-order valence-corrected chi connectivity index (χ2v) is 10.5. The predicted octanol–water partition coefficient (Wildman–Crippen LogP) is 2.74. The first kappa shape index (κ1) is 20.4. The van der Waals surface area contributed by atoms with Gasteiger partial charge in [-0.05, 0) is 51.2 Å². The van der Waals surface area contributed by atoms with Crippen molar-refractivity contribution in [1.82, 2.24) is 14.4 Å². The predicted molar refractivity (Wildman–Crippen MR) is 111 cm³/mol. The van der Waals surface area contributed by atoms with Gasteiger partial charge in [-0.25, -0.2) is 8.42 Å². The van der Waals surface area contributed by atoms with E-state index < -0.39 is 10.0 Å². The standard InChI is InChI=1S/C21H26N4O5S/c1-13-9-16-17(10-18(13)31(27,28)25-8-4-3-5-14(25)2)29-12-20(26)24(16)11-19-22-21(30-23-19)15-6-7-15/h9-10,14-15H,3-8,11-12H2,1-2H3/t14-/m1/s1. The molecule has 3 heterocycles. The number of benzene rings is 1. The van der Waals surface area contributed by atoms with Crippen molar-refractivity contribution in [2.75, 3.05) is 18.1 Å². The van der Waals surface area contributed by atoms with Crippen LogP contribution in [-0.4, -0.2) is 48.0 Å². The maximum atomic E-state index is 13.4. The zero-order chi connectivity index (χ0) is 21.8. The lowest BCUT2D eigenvalue weighted by atomic mass is 10.1. The highest BCUT2D eigenvalue weighted by Crippen LogP contribution is 2.40. The van der Waals surface area contributed by atoms with Gasteiger partial charge < -0.3 is 9.26 Å². The van der Waals surface area contributed by atoms with Crippen molar-refractivity contribution in [1.29, 1.82) is 0 Å². The van der Waals surface area contributed by atoms with E-state index in [1.807, 2.05) is 6.92 Å². The van der Waals surface area contributed by atoms with Gasteiger partial charge in [0.05, 0.1) is 17.1 Å². The average Bonchev–Trinajstić information content (AvgIpc) is 3.49. The third-order valence-corrected chi connectivity index (χ3v) is 8.39. The van der Waals surface area contributed by atoms with Crippen LogP contribution in [0.25, 0.3) is 0 Å². The number of ether oxygens (including phenoxy) is 1. The Morgan fingerprint density at radius 2 is 2.00 bits per heavy atom. The molecule has 0 N–H and O–H groups in total. The molecule has 1 aromatic carbocycles. The van der Waals surface area contributed by atoms with Crippen molar-refractivity contribution in [3.63, 3.8) is 0 Å². The maximum Gasteiger partial charge on any atom is 0.265 e. The molecule has 1 aromatic heterocycles. The summed E-state index contributed by atoms with van der Waals surface area (Å²) in [4.78, 5) is 18.8. The van der Waals surface area contributed by atoms with E-state index >= 15 is 0 Å². The number of amides is 1. The lowest BCUT2D eigenvalue weighted by Crippen LogP contribution is -2.42. The lowest BCUT2D eigenvalue weighted by Gasteiger charge is -2.34. The fourth-order valence-corrected chi connectivity index (χ4v) is 6.23. The zero-order valence-electron chi connectivity index (χ0n) is 17.7. The van der Waals surface area contributed by atoms with Crippen molar-refractivity contribution in [2.45, 2.75) is 69.4 Å². The smallest absolute Gasteiger partial charge is 0.265 e. The molecule has 0 radical (unpaired) electrons. The number of piperidine rings is 1. The van der Waals surface area contributed by atoms with Gasteiger partial charge in [-0.2, -0.15) is 9.29 Å². The van der Waals surface area contributed by atoms with E-state index in [4.69, 9.17) is 9.26 Å². The summed E-state index contributed by atoms with van der Waals surface area (Å²) in [6.45, 7) is 4.20. The summed E-state index contributed by atoms with van der Waals surface area (Å²) >= 11 is 0. The highest BCUT2D eigenvalue weighted by atomic mass is 32.2. The SMILES string of the molecule is Cc1cc2c(cc1S(=O)(=O)N1CCCC[C@H]1C)OCC(=O)N2Cc1noc(C2CC2)n1. The number of aromatic nitrogens is 2. The molecule has 1 saturated heterocycles. The van der Waals surface area contributed by atoms with E-state index in [1.54, 1.807) is 23.4 Å². The Kier molecular flexibility index (Phi) is 5.01. The highest BCUT2D eigenvalue weighted by molar-refractivity contribution is 7.89. The first-order valence-corrected chi connectivity index (χ1v) is 12.2. The van der Waals surface area contributed by atoms with Crippen LogP contribution >= 0.6 is 0 Å². The van der Waals surface area contributed by atoms with Crippen LogP contribution in [-0.2, 0) is 21.4 Å².